The average Bonchev–Trinajstić information content (AvgIpc) is 2.54. The fourth-order valence-corrected chi connectivity index (χ4v) is 6.89. The molecule has 6 heteroatoms. The fourth-order valence-electron chi connectivity index (χ4n) is 2.85. The van der Waals surface area contributed by atoms with Crippen molar-refractivity contribution in [2.75, 3.05) is 10.8 Å². The van der Waals surface area contributed by atoms with E-state index in [4.69, 9.17) is 5.73 Å². The molecule has 0 radical (unpaired) electrons. The largest absolute Gasteiger partial charge is 0.330 e. The van der Waals surface area contributed by atoms with Crippen LogP contribution in [-0.2, 0) is 0 Å². The molecule has 1 aliphatic heterocycles. The zero-order valence-corrected chi connectivity index (χ0v) is 14.6. The summed E-state index contributed by atoms with van der Waals surface area (Å²) >= 11 is 1.55. The third-order valence-electron chi connectivity index (χ3n) is 3.98. The third-order valence-corrected chi connectivity index (χ3v) is 8.38. The van der Waals surface area contributed by atoms with Gasteiger partial charge >= 0.3 is 0 Å². The topological polar surface area (TPSA) is 69.7 Å². The Labute approximate surface area is 143 Å². The Bertz CT molecular complexity index is 667. The number of benzene rings is 2. The van der Waals surface area contributed by atoms with Crippen molar-refractivity contribution in [2.45, 2.75) is 22.8 Å². The molecule has 4 nitrogen and oxygen atoms in total. The van der Waals surface area contributed by atoms with E-state index in [1.165, 1.54) is 0 Å². The summed E-state index contributed by atoms with van der Waals surface area (Å²) in [5.74, 6) is 0.106. The van der Waals surface area contributed by atoms with Gasteiger partial charge in [0, 0.05) is 4.90 Å². The summed E-state index contributed by atoms with van der Waals surface area (Å²) in [6, 6.07) is 17.4. The van der Waals surface area contributed by atoms with Crippen LogP contribution in [0.2, 0.25) is 0 Å². The van der Waals surface area contributed by atoms with Gasteiger partial charge in [-0.1, -0.05) is 49.0 Å². The number of fused-ring (bicyclic) bond motifs is 1. The second-order valence-corrected chi connectivity index (χ2v) is 9.18. The van der Waals surface area contributed by atoms with Crippen LogP contribution in [0.15, 0.2) is 59.5 Å². The Morgan fingerprint density at radius 1 is 1.13 bits per heavy atom. The second kappa shape index (κ2) is 6.75. The van der Waals surface area contributed by atoms with Crippen LogP contribution in [0.4, 0.5) is 11.4 Å². The minimum absolute atomic E-state index is 0.106. The van der Waals surface area contributed by atoms with Gasteiger partial charge in [0.05, 0.1) is 11.4 Å². The van der Waals surface area contributed by atoms with Gasteiger partial charge in [0.1, 0.15) is 4.58 Å². The highest BCUT2D eigenvalue weighted by Crippen LogP contribution is 2.66. The van der Waals surface area contributed by atoms with E-state index in [9.17, 15) is 9.11 Å². The quantitative estimate of drug-likeness (QED) is 0.731. The van der Waals surface area contributed by atoms with Crippen molar-refractivity contribution in [1.82, 2.24) is 0 Å². The lowest BCUT2D eigenvalue weighted by atomic mass is 10.1. The maximum atomic E-state index is 11.1. The normalized spacial score (nSPS) is 22.3. The van der Waals surface area contributed by atoms with Crippen molar-refractivity contribution in [2.24, 2.45) is 11.7 Å². The molecule has 2 atom stereocenters. The molecule has 0 fully saturated rings. The molecule has 0 aliphatic carbocycles. The van der Waals surface area contributed by atoms with Gasteiger partial charge in [0.2, 0.25) is 0 Å². The average molecular weight is 351 g/mol. The molecule has 1 heterocycles. The standard InChI is InChI=1S/C17H22N2O2S2/c1-13(11-12-18)17-22-16-10-6-5-9-15(16)19(23(17,20)21)14-7-3-2-4-8-14/h2-10,13,17,20-21H,11-12,18H2,1H3. The summed E-state index contributed by atoms with van der Waals surface area (Å²) in [5.41, 5.74) is 7.33. The van der Waals surface area contributed by atoms with E-state index >= 15 is 0 Å². The van der Waals surface area contributed by atoms with Crippen molar-refractivity contribution in [3.8, 4) is 0 Å². The molecule has 0 saturated carbocycles. The first-order valence-electron chi connectivity index (χ1n) is 7.64. The van der Waals surface area contributed by atoms with Gasteiger partial charge in [-0.2, -0.15) is 0 Å². The van der Waals surface area contributed by atoms with Crippen LogP contribution >= 0.6 is 22.5 Å². The molecule has 3 rings (SSSR count). The lowest BCUT2D eigenvalue weighted by molar-refractivity contribution is 0.456. The van der Waals surface area contributed by atoms with Crippen molar-refractivity contribution < 1.29 is 9.11 Å². The first kappa shape index (κ1) is 16.7. The minimum atomic E-state index is -3.01. The number of hydrogen-bond acceptors (Lipinski definition) is 5. The van der Waals surface area contributed by atoms with Crippen LogP contribution in [0.3, 0.4) is 0 Å². The molecule has 0 bridgehead atoms. The summed E-state index contributed by atoms with van der Waals surface area (Å²) in [6.45, 7) is 2.58. The first-order valence-corrected chi connectivity index (χ1v) is 10.1. The number of para-hydroxylation sites is 2. The van der Waals surface area contributed by atoms with Crippen LogP contribution in [0.1, 0.15) is 13.3 Å². The monoisotopic (exact) mass is 350 g/mol. The first-order chi connectivity index (χ1) is 11.1. The molecule has 0 amide bonds. The molecule has 2 aromatic carbocycles. The molecule has 2 aromatic rings. The van der Waals surface area contributed by atoms with E-state index in [2.05, 4.69) is 0 Å². The molecule has 0 aromatic heterocycles. The van der Waals surface area contributed by atoms with E-state index in [1.54, 1.807) is 16.1 Å². The summed E-state index contributed by atoms with van der Waals surface area (Å²) in [7, 11) is -3.01. The van der Waals surface area contributed by atoms with Crippen molar-refractivity contribution in [1.29, 1.82) is 0 Å². The number of anilines is 2. The Morgan fingerprint density at radius 2 is 1.78 bits per heavy atom. The second-order valence-electron chi connectivity index (χ2n) is 5.70. The summed E-state index contributed by atoms with van der Waals surface area (Å²) < 4.78 is 23.6. The number of hydrogen-bond donors (Lipinski definition) is 3. The van der Waals surface area contributed by atoms with Gasteiger partial charge in [-0.3, -0.25) is 9.11 Å². The summed E-state index contributed by atoms with van der Waals surface area (Å²) in [6.07, 6.45) is 0.762. The van der Waals surface area contributed by atoms with E-state index in [1.807, 2.05) is 61.5 Å². The Hall–Kier alpha value is -1.18. The summed E-state index contributed by atoms with van der Waals surface area (Å²) in [5, 5.41) is 0. The molecule has 4 N–H and O–H groups in total. The van der Waals surface area contributed by atoms with Gasteiger partial charge in [0.15, 0.2) is 0 Å². The van der Waals surface area contributed by atoms with Crippen molar-refractivity contribution in [3.05, 3.63) is 54.6 Å². The smallest absolute Gasteiger partial charge is 0.121 e. The molecule has 1 aliphatic rings. The van der Waals surface area contributed by atoms with Crippen LogP contribution in [0.5, 0.6) is 0 Å². The summed E-state index contributed by atoms with van der Waals surface area (Å²) in [4.78, 5) is 1.07. The van der Waals surface area contributed by atoms with Crippen LogP contribution in [-0.4, -0.2) is 20.2 Å². The molecule has 0 saturated heterocycles. The van der Waals surface area contributed by atoms with Crippen molar-refractivity contribution >= 4 is 33.9 Å². The maximum absolute atomic E-state index is 11.1. The Kier molecular flexibility index (Phi) is 4.89. The highest BCUT2D eigenvalue weighted by Gasteiger charge is 2.42. The lowest BCUT2D eigenvalue weighted by Gasteiger charge is -2.53. The maximum Gasteiger partial charge on any atom is 0.121 e. The van der Waals surface area contributed by atoms with E-state index in [0.717, 1.165) is 22.7 Å². The third kappa shape index (κ3) is 3.09. The number of nitrogens with two attached hydrogens (primary N) is 1. The van der Waals surface area contributed by atoms with E-state index < -0.39 is 10.8 Å². The minimum Gasteiger partial charge on any atom is -0.330 e. The molecule has 124 valence electrons. The molecule has 0 spiro atoms. The number of rotatable bonds is 4. The Balaban J connectivity index is 2.11. The van der Waals surface area contributed by atoms with E-state index in [0.29, 0.717) is 6.54 Å². The zero-order chi connectivity index (χ0) is 16.4. The van der Waals surface area contributed by atoms with Gasteiger partial charge in [-0.15, -0.1) is 10.8 Å². The zero-order valence-electron chi connectivity index (χ0n) is 13.0. The molecule has 2 unspecified atom stereocenters. The SMILES string of the molecule is CC(CCN)C1Sc2ccccc2N(c2ccccc2)S1(O)O. The Morgan fingerprint density at radius 3 is 2.48 bits per heavy atom. The fraction of sp³-hybridized carbons (Fsp3) is 0.294. The van der Waals surface area contributed by atoms with Crippen LogP contribution in [0.25, 0.3) is 0 Å². The number of nitrogens with zero attached hydrogens (tertiary/aromatic N) is 1. The lowest BCUT2D eigenvalue weighted by Crippen LogP contribution is -2.37. The highest BCUT2D eigenvalue weighted by atomic mass is 32.3. The van der Waals surface area contributed by atoms with Crippen molar-refractivity contribution in [3.63, 3.8) is 0 Å². The van der Waals surface area contributed by atoms with E-state index in [-0.39, 0.29) is 10.5 Å². The predicted molar refractivity (Wildman–Crippen MR) is 100 cm³/mol. The van der Waals surface area contributed by atoms with Crippen LogP contribution in [0, 0.1) is 5.92 Å². The molecular weight excluding hydrogens is 328 g/mol. The highest BCUT2D eigenvalue weighted by molar-refractivity contribution is 8.34. The molecule has 23 heavy (non-hydrogen) atoms. The molecular formula is C17H22N2O2S2. The number of thioether (sulfide) groups is 1. The predicted octanol–water partition coefficient (Wildman–Crippen LogP) is 4.91. The van der Waals surface area contributed by atoms with Gasteiger partial charge < -0.3 is 5.73 Å². The van der Waals surface area contributed by atoms with Crippen LogP contribution < -0.4 is 10.0 Å². The van der Waals surface area contributed by atoms with Gasteiger partial charge in [-0.05, 0) is 43.1 Å². The van der Waals surface area contributed by atoms with Gasteiger partial charge in [0.25, 0.3) is 0 Å². The van der Waals surface area contributed by atoms with Gasteiger partial charge in [-0.25, -0.2) is 4.31 Å².